The van der Waals surface area contributed by atoms with Crippen molar-refractivity contribution in [2.75, 3.05) is 20.3 Å². The molecule has 1 heterocycles. The summed E-state index contributed by atoms with van der Waals surface area (Å²) in [5.74, 6) is 0.915. The van der Waals surface area contributed by atoms with E-state index >= 15 is 0 Å². The van der Waals surface area contributed by atoms with Gasteiger partial charge in [-0.1, -0.05) is 6.92 Å². The summed E-state index contributed by atoms with van der Waals surface area (Å²) in [6.07, 6.45) is 0.882. The zero-order chi connectivity index (χ0) is 11.1. The molecule has 0 fully saturated rings. The summed E-state index contributed by atoms with van der Waals surface area (Å²) in [4.78, 5) is 8.77. The van der Waals surface area contributed by atoms with E-state index < -0.39 is 0 Å². The highest BCUT2D eigenvalue weighted by molar-refractivity contribution is 5.09. The van der Waals surface area contributed by atoms with Crippen LogP contribution in [0.25, 0.3) is 0 Å². The zero-order valence-corrected chi connectivity index (χ0v) is 9.71. The molecule has 84 valence electrons. The molecule has 0 aliphatic rings. The molecule has 0 saturated carbocycles. The second-order valence-electron chi connectivity index (χ2n) is 3.44. The highest BCUT2D eigenvalue weighted by Gasteiger charge is 1.99. The SMILES string of the molecule is CCc1nc(C)cc(CNCCOC)n1. The van der Waals surface area contributed by atoms with Gasteiger partial charge in [0.05, 0.1) is 12.3 Å². The Balaban J connectivity index is 2.49. The minimum Gasteiger partial charge on any atom is -0.383 e. The third-order valence-electron chi connectivity index (χ3n) is 2.06. The van der Waals surface area contributed by atoms with E-state index in [4.69, 9.17) is 4.74 Å². The summed E-state index contributed by atoms with van der Waals surface area (Å²) in [6, 6.07) is 2.01. The lowest BCUT2D eigenvalue weighted by atomic mass is 10.3. The number of methoxy groups -OCH3 is 1. The predicted octanol–water partition coefficient (Wildman–Crippen LogP) is 1.08. The first-order valence-electron chi connectivity index (χ1n) is 5.29. The van der Waals surface area contributed by atoms with Gasteiger partial charge in [-0.25, -0.2) is 9.97 Å². The lowest BCUT2D eigenvalue weighted by molar-refractivity contribution is 0.199. The van der Waals surface area contributed by atoms with Crippen molar-refractivity contribution in [1.82, 2.24) is 15.3 Å². The topological polar surface area (TPSA) is 47.0 Å². The highest BCUT2D eigenvalue weighted by Crippen LogP contribution is 2.00. The third kappa shape index (κ3) is 4.36. The standard InChI is InChI=1S/C11H19N3O/c1-4-11-13-9(2)7-10(14-11)8-12-5-6-15-3/h7,12H,4-6,8H2,1-3H3. The molecule has 0 aromatic carbocycles. The van der Waals surface area contributed by atoms with Crippen molar-refractivity contribution in [3.05, 3.63) is 23.3 Å². The second-order valence-corrected chi connectivity index (χ2v) is 3.44. The molecule has 1 aromatic heterocycles. The van der Waals surface area contributed by atoms with Crippen molar-refractivity contribution in [2.24, 2.45) is 0 Å². The number of hydrogen-bond acceptors (Lipinski definition) is 4. The number of rotatable bonds is 6. The quantitative estimate of drug-likeness (QED) is 0.712. The summed E-state index contributed by atoms with van der Waals surface area (Å²) in [7, 11) is 1.70. The van der Waals surface area contributed by atoms with Gasteiger partial charge in [0.1, 0.15) is 5.82 Å². The van der Waals surface area contributed by atoms with Crippen LogP contribution in [0.1, 0.15) is 24.1 Å². The molecule has 15 heavy (non-hydrogen) atoms. The molecule has 1 N–H and O–H groups in total. The van der Waals surface area contributed by atoms with Crippen LogP contribution in [-0.2, 0) is 17.7 Å². The first-order valence-corrected chi connectivity index (χ1v) is 5.29. The molecule has 4 nitrogen and oxygen atoms in total. The van der Waals surface area contributed by atoms with Crippen LogP contribution in [-0.4, -0.2) is 30.2 Å². The van der Waals surface area contributed by atoms with Crippen molar-refractivity contribution < 1.29 is 4.74 Å². The maximum Gasteiger partial charge on any atom is 0.128 e. The van der Waals surface area contributed by atoms with Gasteiger partial charge < -0.3 is 10.1 Å². The van der Waals surface area contributed by atoms with Crippen molar-refractivity contribution in [1.29, 1.82) is 0 Å². The van der Waals surface area contributed by atoms with Crippen LogP contribution in [0, 0.1) is 6.92 Å². The van der Waals surface area contributed by atoms with Gasteiger partial charge in [0.15, 0.2) is 0 Å². The van der Waals surface area contributed by atoms with Crippen molar-refractivity contribution >= 4 is 0 Å². The Bertz CT molecular complexity index is 302. The molecule has 4 heteroatoms. The number of hydrogen-bond donors (Lipinski definition) is 1. The fourth-order valence-corrected chi connectivity index (χ4v) is 1.34. The van der Waals surface area contributed by atoms with Crippen LogP contribution >= 0.6 is 0 Å². The fourth-order valence-electron chi connectivity index (χ4n) is 1.34. The van der Waals surface area contributed by atoms with Crippen LogP contribution in [0.3, 0.4) is 0 Å². The van der Waals surface area contributed by atoms with E-state index in [0.717, 1.165) is 43.3 Å². The summed E-state index contributed by atoms with van der Waals surface area (Å²) in [5.41, 5.74) is 2.08. The van der Waals surface area contributed by atoms with E-state index in [-0.39, 0.29) is 0 Å². The zero-order valence-electron chi connectivity index (χ0n) is 9.71. The van der Waals surface area contributed by atoms with Gasteiger partial charge in [-0.15, -0.1) is 0 Å². The smallest absolute Gasteiger partial charge is 0.128 e. The molecule has 0 spiro atoms. The number of nitrogens with one attached hydrogen (secondary N) is 1. The van der Waals surface area contributed by atoms with E-state index in [9.17, 15) is 0 Å². The number of nitrogens with zero attached hydrogens (tertiary/aromatic N) is 2. The molecule has 1 rings (SSSR count). The van der Waals surface area contributed by atoms with E-state index in [2.05, 4.69) is 22.2 Å². The minimum atomic E-state index is 0.727. The minimum absolute atomic E-state index is 0.727. The average Bonchev–Trinajstić information content (AvgIpc) is 2.23. The van der Waals surface area contributed by atoms with Crippen LogP contribution < -0.4 is 5.32 Å². The lowest BCUT2D eigenvalue weighted by Gasteiger charge is -2.06. The van der Waals surface area contributed by atoms with Gasteiger partial charge in [0, 0.05) is 32.3 Å². The van der Waals surface area contributed by atoms with Crippen molar-refractivity contribution in [2.45, 2.75) is 26.8 Å². The van der Waals surface area contributed by atoms with Gasteiger partial charge in [0.2, 0.25) is 0 Å². The van der Waals surface area contributed by atoms with E-state index in [0.29, 0.717) is 0 Å². The fraction of sp³-hybridized carbons (Fsp3) is 0.636. The Kier molecular flexibility index (Phi) is 5.21. The van der Waals surface area contributed by atoms with Crippen LogP contribution in [0.2, 0.25) is 0 Å². The second kappa shape index (κ2) is 6.48. The molecular weight excluding hydrogens is 190 g/mol. The lowest BCUT2D eigenvalue weighted by Crippen LogP contribution is -2.19. The molecular formula is C11H19N3O. The maximum atomic E-state index is 4.95. The summed E-state index contributed by atoms with van der Waals surface area (Å²) >= 11 is 0. The van der Waals surface area contributed by atoms with Gasteiger partial charge in [-0.3, -0.25) is 0 Å². The normalized spacial score (nSPS) is 10.6. The predicted molar refractivity (Wildman–Crippen MR) is 59.7 cm³/mol. The largest absolute Gasteiger partial charge is 0.383 e. The van der Waals surface area contributed by atoms with Crippen LogP contribution in [0.5, 0.6) is 0 Å². The molecule has 1 aromatic rings. The molecule has 0 bridgehead atoms. The highest BCUT2D eigenvalue weighted by atomic mass is 16.5. The van der Waals surface area contributed by atoms with Crippen LogP contribution in [0.15, 0.2) is 6.07 Å². The van der Waals surface area contributed by atoms with Gasteiger partial charge >= 0.3 is 0 Å². The Morgan fingerprint density at radius 1 is 1.40 bits per heavy atom. The molecule has 0 unspecified atom stereocenters. The Hall–Kier alpha value is -1.00. The van der Waals surface area contributed by atoms with E-state index in [1.54, 1.807) is 7.11 Å². The molecule has 0 amide bonds. The molecule has 0 aliphatic carbocycles. The number of ether oxygens (including phenoxy) is 1. The molecule has 0 saturated heterocycles. The molecule has 0 radical (unpaired) electrons. The van der Waals surface area contributed by atoms with Crippen molar-refractivity contribution in [3.63, 3.8) is 0 Å². The first kappa shape index (κ1) is 12.1. The summed E-state index contributed by atoms with van der Waals surface area (Å²) in [5, 5.41) is 3.27. The van der Waals surface area contributed by atoms with Crippen molar-refractivity contribution in [3.8, 4) is 0 Å². The van der Waals surface area contributed by atoms with Gasteiger partial charge in [-0.05, 0) is 13.0 Å². The third-order valence-corrected chi connectivity index (χ3v) is 2.06. The number of aryl methyl sites for hydroxylation is 2. The van der Waals surface area contributed by atoms with E-state index in [1.807, 2.05) is 13.0 Å². The molecule has 0 atom stereocenters. The summed E-state index contributed by atoms with van der Waals surface area (Å²) < 4.78 is 4.95. The molecule has 0 aliphatic heterocycles. The van der Waals surface area contributed by atoms with Crippen LogP contribution in [0.4, 0.5) is 0 Å². The Morgan fingerprint density at radius 2 is 2.20 bits per heavy atom. The number of aromatic nitrogens is 2. The average molecular weight is 209 g/mol. The van der Waals surface area contributed by atoms with E-state index in [1.165, 1.54) is 0 Å². The maximum absolute atomic E-state index is 4.95. The monoisotopic (exact) mass is 209 g/mol. The summed E-state index contributed by atoms with van der Waals surface area (Å²) in [6.45, 7) is 6.42. The Morgan fingerprint density at radius 3 is 2.87 bits per heavy atom. The van der Waals surface area contributed by atoms with Gasteiger partial charge in [-0.2, -0.15) is 0 Å². The Labute approximate surface area is 91.1 Å². The van der Waals surface area contributed by atoms with Gasteiger partial charge in [0.25, 0.3) is 0 Å². The first-order chi connectivity index (χ1) is 7.26.